The Morgan fingerprint density at radius 1 is 1.26 bits per heavy atom. The highest BCUT2D eigenvalue weighted by molar-refractivity contribution is 5.26. The number of nitrogens with two attached hydrogens (primary N) is 1. The summed E-state index contributed by atoms with van der Waals surface area (Å²) in [6.07, 6.45) is 3.19. The van der Waals surface area contributed by atoms with Crippen molar-refractivity contribution < 1.29 is 4.39 Å². The van der Waals surface area contributed by atoms with Gasteiger partial charge in [-0.15, -0.1) is 0 Å². The molecule has 1 aromatic rings. The fourth-order valence-electron chi connectivity index (χ4n) is 2.93. The van der Waals surface area contributed by atoms with E-state index in [1.807, 2.05) is 12.1 Å². The minimum atomic E-state index is -0.0868. The van der Waals surface area contributed by atoms with E-state index in [4.69, 9.17) is 5.73 Å². The Bertz CT molecular complexity index is 409. The van der Waals surface area contributed by atoms with Gasteiger partial charge in [0.15, 0.2) is 0 Å². The Morgan fingerprint density at radius 3 is 2.47 bits per heavy atom. The number of hydrogen-bond donors (Lipinski definition) is 1. The fourth-order valence-corrected chi connectivity index (χ4v) is 2.93. The Morgan fingerprint density at radius 2 is 1.89 bits per heavy atom. The van der Waals surface area contributed by atoms with E-state index in [9.17, 15) is 4.39 Å². The number of nitrogens with zero attached hydrogens (tertiary/aromatic N) is 1. The first-order valence-corrected chi connectivity index (χ1v) is 7.32. The number of likely N-dealkylation sites (tertiary alicyclic amines) is 1. The van der Waals surface area contributed by atoms with E-state index >= 15 is 0 Å². The van der Waals surface area contributed by atoms with Crippen molar-refractivity contribution in [1.82, 2.24) is 4.90 Å². The van der Waals surface area contributed by atoms with Crippen LogP contribution in [0.15, 0.2) is 18.2 Å². The van der Waals surface area contributed by atoms with Crippen LogP contribution in [-0.4, -0.2) is 24.0 Å². The molecule has 2 nitrogen and oxygen atoms in total. The van der Waals surface area contributed by atoms with Crippen molar-refractivity contribution in [3.8, 4) is 0 Å². The molecule has 2 N–H and O–H groups in total. The standard InChI is InChI=1S/C16H25FN2/c1-12(2)19-8-6-13(7-9-19)10-14-4-3-5-15(11-18)16(14)17/h3-5,12-13H,6-11,18H2,1-2H3. The fraction of sp³-hybridized carbons (Fsp3) is 0.625. The van der Waals surface area contributed by atoms with Gasteiger partial charge < -0.3 is 10.6 Å². The molecule has 0 aromatic heterocycles. The molecule has 19 heavy (non-hydrogen) atoms. The molecular formula is C16H25FN2. The number of piperidine rings is 1. The molecule has 0 unspecified atom stereocenters. The van der Waals surface area contributed by atoms with Crippen LogP contribution in [0.3, 0.4) is 0 Å². The maximum atomic E-state index is 14.1. The summed E-state index contributed by atoms with van der Waals surface area (Å²) in [7, 11) is 0. The summed E-state index contributed by atoms with van der Waals surface area (Å²) in [4.78, 5) is 2.50. The lowest BCUT2D eigenvalue weighted by Crippen LogP contribution is -2.38. The predicted molar refractivity (Wildman–Crippen MR) is 77.4 cm³/mol. The van der Waals surface area contributed by atoms with Crippen molar-refractivity contribution in [1.29, 1.82) is 0 Å². The molecule has 106 valence electrons. The van der Waals surface area contributed by atoms with E-state index in [0.29, 0.717) is 17.5 Å². The van der Waals surface area contributed by atoms with Gasteiger partial charge in [0.05, 0.1) is 0 Å². The molecule has 0 atom stereocenters. The van der Waals surface area contributed by atoms with Gasteiger partial charge in [0, 0.05) is 18.2 Å². The van der Waals surface area contributed by atoms with Crippen LogP contribution in [-0.2, 0) is 13.0 Å². The van der Waals surface area contributed by atoms with Crippen LogP contribution < -0.4 is 5.73 Å². The first-order valence-electron chi connectivity index (χ1n) is 7.32. The van der Waals surface area contributed by atoms with Crippen LogP contribution in [0.25, 0.3) is 0 Å². The van der Waals surface area contributed by atoms with Crippen molar-refractivity contribution in [3.63, 3.8) is 0 Å². The molecule has 0 aliphatic carbocycles. The lowest BCUT2D eigenvalue weighted by molar-refractivity contribution is 0.149. The van der Waals surface area contributed by atoms with Crippen LogP contribution in [0.4, 0.5) is 4.39 Å². The quantitative estimate of drug-likeness (QED) is 0.906. The highest BCUT2D eigenvalue weighted by Crippen LogP contribution is 2.24. The van der Waals surface area contributed by atoms with E-state index in [2.05, 4.69) is 18.7 Å². The third-order valence-electron chi connectivity index (χ3n) is 4.27. The zero-order valence-electron chi connectivity index (χ0n) is 12.0. The molecule has 0 spiro atoms. The molecule has 0 amide bonds. The van der Waals surface area contributed by atoms with Gasteiger partial charge in [-0.2, -0.15) is 0 Å². The summed E-state index contributed by atoms with van der Waals surface area (Å²) in [5, 5.41) is 0. The molecule has 1 aromatic carbocycles. The number of hydrogen-bond acceptors (Lipinski definition) is 2. The van der Waals surface area contributed by atoms with Gasteiger partial charge in [0.25, 0.3) is 0 Å². The van der Waals surface area contributed by atoms with Gasteiger partial charge >= 0.3 is 0 Å². The Balaban J connectivity index is 1.96. The van der Waals surface area contributed by atoms with Gasteiger partial charge in [-0.1, -0.05) is 18.2 Å². The first kappa shape index (κ1) is 14.5. The van der Waals surface area contributed by atoms with Crippen molar-refractivity contribution in [3.05, 3.63) is 35.1 Å². The summed E-state index contributed by atoms with van der Waals surface area (Å²) < 4.78 is 14.1. The van der Waals surface area contributed by atoms with Gasteiger partial charge in [0.1, 0.15) is 5.82 Å². The van der Waals surface area contributed by atoms with Crippen molar-refractivity contribution >= 4 is 0 Å². The molecule has 3 heteroatoms. The number of halogens is 1. The maximum absolute atomic E-state index is 14.1. The second-order valence-electron chi connectivity index (χ2n) is 5.87. The average molecular weight is 264 g/mol. The molecule has 1 heterocycles. The lowest BCUT2D eigenvalue weighted by atomic mass is 9.89. The van der Waals surface area contributed by atoms with Gasteiger partial charge in [-0.25, -0.2) is 4.39 Å². The summed E-state index contributed by atoms with van der Waals surface area (Å²) in [5.74, 6) is 0.522. The van der Waals surface area contributed by atoms with Crippen molar-refractivity contribution in [2.24, 2.45) is 11.7 Å². The Labute approximate surface area is 115 Å². The average Bonchev–Trinajstić information content (AvgIpc) is 2.42. The van der Waals surface area contributed by atoms with E-state index in [1.165, 1.54) is 12.8 Å². The first-order chi connectivity index (χ1) is 9.11. The maximum Gasteiger partial charge on any atom is 0.130 e. The molecule has 2 rings (SSSR count). The highest BCUT2D eigenvalue weighted by Gasteiger charge is 2.22. The third-order valence-corrected chi connectivity index (χ3v) is 4.27. The molecule has 1 aliphatic heterocycles. The topological polar surface area (TPSA) is 29.3 Å². The van der Waals surface area contributed by atoms with Gasteiger partial charge in [-0.05, 0) is 57.7 Å². The molecule has 1 fully saturated rings. The molecule has 0 radical (unpaired) electrons. The zero-order valence-corrected chi connectivity index (χ0v) is 12.0. The summed E-state index contributed by atoms with van der Waals surface area (Å²) in [5.41, 5.74) is 7.03. The minimum absolute atomic E-state index is 0.0868. The molecule has 1 aliphatic rings. The SMILES string of the molecule is CC(C)N1CCC(Cc2cccc(CN)c2F)CC1. The Kier molecular flexibility index (Phi) is 4.94. The summed E-state index contributed by atoms with van der Waals surface area (Å²) in [6.45, 7) is 7.04. The monoisotopic (exact) mass is 264 g/mol. The molecular weight excluding hydrogens is 239 g/mol. The third kappa shape index (κ3) is 3.54. The van der Waals surface area contributed by atoms with Crippen molar-refractivity contribution in [2.45, 2.75) is 45.7 Å². The second kappa shape index (κ2) is 6.49. The minimum Gasteiger partial charge on any atom is -0.326 e. The normalized spacial score (nSPS) is 18.2. The molecule has 1 saturated heterocycles. The summed E-state index contributed by atoms with van der Waals surface area (Å²) >= 11 is 0. The van der Waals surface area contributed by atoms with E-state index in [1.54, 1.807) is 6.07 Å². The van der Waals surface area contributed by atoms with Crippen LogP contribution >= 0.6 is 0 Å². The van der Waals surface area contributed by atoms with Gasteiger partial charge in [0.2, 0.25) is 0 Å². The Hall–Kier alpha value is -0.930. The summed E-state index contributed by atoms with van der Waals surface area (Å²) in [6, 6.07) is 6.23. The lowest BCUT2D eigenvalue weighted by Gasteiger charge is -2.34. The van der Waals surface area contributed by atoms with Crippen LogP contribution in [0, 0.1) is 11.7 Å². The van der Waals surface area contributed by atoms with Crippen molar-refractivity contribution in [2.75, 3.05) is 13.1 Å². The number of rotatable bonds is 4. The second-order valence-corrected chi connectivity index (χ2v) is 5.87. The smallest absolute Gasteiger partial charge is 0.130 e. The van der Waals surface area contributed by atoms with E-state index in [-0.39, 0.29) is 12.4 Å². The highest BCUT2D eigenvalue weighted by atomic mass is 19.1. The molecule has 0 bridgehead atoms. The molecule has 0 saturated carbocycles. The number of benzene rings is 1. The van der Waals surface area contributed by atoms with E-state index < -0.39 is 0 Å². The zero-order chi connectivity index (χ0) is 13.8. The van der Waals surface area contributed by atoms with Crippen LogP contribution in [0.1, 0.15) is 37.8 Å². The predicted octanol–water partition coefficient (Wildman–Crippen LogP) is 2.95. The van der Waals surface area contributed by atoms with Gasteiger partial charge in [-0.3, -0.25) is 0 Å². The largest absolute Gasteiger partial charge is 0.326 e. The van der Waals surface area contributed by atoms with Crippen LogP contribution in [0.2, 0.25) is 0 Å². The van der Waals surface area contributed by atoms with Crippen LogP contribution in [0.5, 0.6) is 0 Å². The van der Waals surface area contributed by atoms with E-state index in [0.717, 1.165) is 25.1 Å².